The number of nitrogens with zero attached hydrogens (tertiary/aromatic N) is 3. The van der Waals surface area contributed by atoms with E-state index in [1.165, 1.54) is 22.0 Å². The van der Waals surface area contributed by atoms with E-state index >= 15 is 0 Å². The van der Waals surface area contributed by atoms with Crippen LogP contribution >= 0.6 is 11.6 Å². The summed E-state index contributed by atoms with van der Waals surface area (Å²) in [5.74, 6) is 0.0731. The highest BCUT2D eigenvalue weighted by molar-refractivity contribution is 7.89. The first-order valence-electron chi connectivity index (χ1n) is 9.77. The normalized spacial score (nSPS) is 19.2. The molecule has 1 saturated heterocycles. The Hall–Kier alpha value is -1.93. The van der Waals surface area contributed by atoms with Crippen LogP contribution in [0.2, 0.25) is 5.02 Å². The summed E-state index contributed by atoms with van der Waals surface area (Å²) < 4.78 is 27.2. The zero-order valence-corrected chi connectivity index (χ0v) is 17.9. The van der Waals surface area contributed by atoms with Crippen LogP contribution < -0.4 is 4.90 Å². The van der Waals surface area contributed by atoms with Gasteiger partial charge in [0.1, 0.15) is 0 Å². The van der Waals surface area contributed by atoms with Crippen molar-refractivity contribution in [2.75, 3.05) is 37.6 Å². The third kappa shape index (κ3) is 3.92. The molecule has 29 heavy (non-hydrogen) atoms. The molecule has 0 bridgehead atoms. The van der Waals surface area contributed by atoms with Crippen LogP contribution in [-0.4, -0.2) is 62.3 Å². The molecule has 6 nitrogen and oxygen atoms in total. The van der Waals surface area contributed by atoms with Gasteiger partial charge in [-0.15, -0.1) is 0 Å². The number of hydrogen-bond donors (Lipinski definition) is 0. The molecule has 2 aliphatic rings. The van der Waals surface area contributed by atoms with Crippen molar-refractivity contribution in [3.05, 3.63) is 59.1 Å². The summed E-state index contributed by atoms with van der Waals surface area (Å²) in [6.45, 7) is 4.38. The molecule has 4 rings (SSSR count). The van der Waals surface area contributed by atoms with E-state index < -0.39 is 10.0 Å². The first-order chi connectivity index (χ1) is 13.9. The standard InChI is InChI=1S/C21H24ClN3O3S/c1-16(21(26)25-11-10-17-4-2-3-5-20(17)25)23-12-14-24(15-13-23)29(27,28)19-8-6-18(22)7-9-19/h2-9,16H,10-15H2,1H3. The van der Waals surface area contributed by atoms with Gasteiger partial charge in [0.05, 0.1) is 10.9 Å². The fourth-order valence-electron chi connectivity index (χ4n) is 4.04. The van der Waals surface area contributed by atoms with Crippen molar-refractivity contribution in [2.45, 2.75) is 24.3 Å². The highest BCUT2D eigenvalue weighted by Crippen LogP contribution is 2.29. The van der Waals surface area contributed by atoms with Gasteiger partial charge in [0, 0.05) is 43.4 Å². The maximum atomic E-state index is 13.1. The molecule has 0 radical (unpaired) electrons. The third-order valence-corrected chi connectivity index (χ3v) is 7.95. The molecule has 1 fully saturated rings. The van der Waals surface area contributed by atoms with E-state index in [4.69, 9.17) is 11.6 Å². The largest absolute Gasteiger partial charge is 0.310 e. The smallest absolute Gasteiger partial charge is 0.244 e. The quantitative estimate of drug-likeness (QED) is 0.743. The molecule has 2 aliphatic heterocycles. The van der Waals surface area contributed by atoms with E-state index in [0.29, 0.717) is 37.7 Å². The number of para-hydroxylation sites is 1. The Morgan fingerprint density at radius 3 is 2.31 bits per heavy atom. The topological polar surface area (TPSA) is 60.9 Å². The van der Waals surface area contributed by atoms with E-state index in [1.54, 1.807) is 12.1 Å². The van der Waals surface area contributed by atoms with Crippen LogP contribution in [0.3, 0.4) is 0 Å². The number of sulfonamides is 1. The van der Waals surface area contributed by atoms with Crippen LogP contribution in [0.15, 0.2) is 53.4 Å². The van der Waals surface area contributed by atoms with Gasteiger partial charge in [0.25, 0.3) is 0 Å². The number of carbonyl (C=O) groups is 1. The van der Waals surface area contributed by atoms with Crippen LogP contribution in [0.1, 0.15) is 12.5 Å². The number of amides is 1. The van der Waals surface area contributed by atoms with Gasteiger partial charge in [0.2, 0.25) is 15.9 Å². The fourth-order valence-corrected chi connectivity index (χ4v) is 5.58. The Morgan fingerprint density at radius 2 is 1.62 bits per heavy atom. The van der Waals surface area contributed by atoms with E-state index in [1.807, 2.05) is 30.0 Å². The van der Waals surface area contributed by atoms with Gasteiger partial charge in [-0.2, -0.15) is 4.31 Å². The molecule has 2 heterocycles. The maximum absolute atomic E-state index is 13.1. The fraction of sp³-hybridized carbons (Fsp3) is 0.381. The number of piperazine rings is 1. The van der Waals surface area contributed by atoms with E-state index in [9.17, 15) is 13.2 Å². The zero-order valence-electron chi connectivity index (χ0n) is 16.3. The van der Waals surface area contributed by atoms with Crippen molar-refractivity contribution in [1.29, 1.82) is 0 Å². The summed E-state index contributed by atoms with van der Waals surface area (Å²) in [6.07, 6.45) is 0.877. The zero-order chi connectivity index (χ0) is 20.6. The van der Waals surface area contributed by atoms with Crippen LogP contribution in [-0.2, 0) is 21.2 Å². The molecule has 0 aromatic heterocycles. The summed E-state index contributed by atoms with van der Waals surface area (Å²) in [6, 6.07) is 13.9. The Kier molecular flexibility index (Phi) is 5.66. The van der Waals surface area contributed by atoms with E-state index in [0.717, 1.165) is 12.1 Å². The second-order valence-corrected chi connectivity index (χ2v) is 9.81. The van der Waals surface area contributed by atoms with Crippen molar-refractivity contribution in [3.8, 4) is 0 Å². The average Bonchev–Trinajstić information content (AvgIpc) is 3.17. The molecule has 154 valence electrons. The molecule has 2 aromatic carbocycles. The Labute approximate surface area is 176 Å². The minimum Gasteiger partial charge on any atom is -0.310 e. The first-order valence-corrected chi connectivity index (χ1v) is 11.6. The van der Waals surface area contributed by atoms with Gasteiger partial charge < -0.3 is 4.90 Å². The second-order valence-electron chi connectivity index (χ2n) is 7.44. The third-order valence-electron chi connectivity index (χ3n) is 5.78. The molecule has 0 aliphatic carbocycles. The number of halogens is 1. The number of rotatable bonds is 4. The highest BCUT2D eigenvalue weighted by atomic mass is 35.5. The molecular formula is C21H24ClN3O3S. The van der Waals surface area contributed by atoms with Crippen molar-refractivity contribution in [1.82, 2.24) is 9.21 Å². The lowest BCUT2D eigenvalue weighted by molar-refractivity contribution is -0.123. The molecule has 0 saturated carbocycles. The van der Waals surface area contributed by atoms with Gasteiger partial charge >= 0.3 is 0 Å². The summed E-state index contributed by atoms with van der Waals surface area (Å²) in [5.41, 5.74) is 2.19. The van der Waals surface area contributed by atoms with Crippen molar-refractivity contribution < 1.29 is 13.2 Å². The molecule has 1 amide bonds. The van der Waals surface area contributed by atoms with Gasteiger partial charge in [-0.05, 0) is 49.2 Å². The minimum absolute atomic E-state index is 0.0731. The van der Waals surface area contributed by atoms with Crippen LogP contribution in [0, 0.1) is 0 Å². The lowest BCUT2D eigenvalue weighted by atomic mass is 10.1. The molecule has 8 heteroatoms. The first kappa shape index (κ1) is 20.3. The summed E-state index contributed by atoms with van der Waals surface area (Å²) in [4.78, 5) is 17.2. The minimum atomic E-state index is -3.55. The van der Waals surface area contributed by atoms with Crippen molar-refractivity contribution in [2.24, 2.45) is 0 Å². The Bertz CT molecular complexity index is 1000. The molecule has 1 atom stereocenters. The predicted molar refractivity (Wildman–Crippen MR) is 114 cm³/mol. The SMILES string of the molecule is CC(C(=O)N1CCc2ccccc21)N1CCN(S(=O)(=O)c2ccc(Cl)cc2)CC1. The van der Waals surface area contributed by atoms with Gasteiger partial charge in [0.15, 0.2) is 0 Å². The Morgan fingerprint density at radius 1 is 0.966 bits per heavy atom. The van der Waals surface area contributed by atoms with Gasteiger partial charge in [-0.3, -0.25) is 9.69 Å². The lowest BCUT2D eigenvalue weighted by Gasteiger charge is -2.38. The van der Waals surface area contributed by atoms with Crippen LogP contribution in [0.5, 0.6) is 0 Å². The predicted octanol–water partition coefficient (Wildman–Crippen LogP) is 2.62. The molecule has 1 unspecified atom stereocenters. The van der Waals surface area contributed by atoms with E-state index in [-0.39, 0.29) is 16.8 Å². The maximum Gasteiger partial charge on any atom is 0.244 e. The number of carbonyl (C=O) groups excluding carboxylic acids is 1. The molecule has 0 N–H and O–H groups in total. The Balaban J connectivity index is 1.40. The lowest BCUT2D eigenvalue weighted by Crippen LogP contribution is -2.55. The van der Waals surface area contributed by atoms with Gasteiger partial charge in [-0.25, -0.2) is 8.42 Å². The monoisotopic (exact) mass is 433 g/mol. The van der Waals surface area contributed by atoms with Crippen LogP contribution in [0.25, 0.3) is 0 Å². The summed E-state index contributed by atoms with van der Waals surface area (Å²) in [5, 5.41) is 0.504. The second kappa shape index (κ2) is 8.07. The summed E-state index contributed by atoms with van der Waals surface area (Å²) in [7, 11) is -3.55. The average molecular weight is 434 g/mol. The van der Waals surface area contributed by atoms with Crippen molar-refractivity contribution in [3.63, 3.8) is 0 Å². The number of anilines is 1. The highest BCUT2D eigenvalue weighted by Gasteiger charge is 2.35. The molecule has 0 spiro atoms. The van der Waals surface area contributed by atoms with Gasteiger partial charge in [-0.1, -0.05) is 29.8 Å². The van der Waals surface area contributed by atoms with E-state index in [2.05, 4.69) is 11.0 Å². The number of benzene rings is 2. The summed E-state index contributed by atoms with van der Waals surface area (Å²) >= 11 is 5.87. The molecular weight excluding hydrogens is 410 g/mol. The van der Waals surface area contributed by atoms with Crippen LogP contribution in [0.4, 0.5) is 5.69 Å². The molecule has 2 aromatic rings. The number of fused-ring (bicyclic) bond motifs is 1. The number of hydrogen-bond acceptors (Lipinski definition) is 4. The van der Waals surface area contributed by atoms with Crippen molar-refractivity contribution >= 4 is 33.2 Å².